The minimum Gasteiger partial charge on any atom is -0.485 e. The van der Waals surface area contributed by atoms with E-state index in [1.807, 2.05) is 13.8 Å². The summed E-state index contributed by atoms with van der Waals surface area (Å²) in [6, 6.07) is 5.36. The van der Waals surface area contributed by atoms with Crippen molar-refractivity contribution in [2.75, 3.05) is 0 Å². The third kappa shape index (κ3) is 2.53. The standard InChI is InChI=1S/C13H13NO3/c1-9-5-11(7-15)6-10(2)13(9)16-8-12-3-4-14-17-12/h3-7H,8H2,1-2H3. The van der Waals surface area contributed by atoms with Crippen molar-refractivity contribution in [3.63, 3.8) is 0 Å². The van der Waals surface area contributed by atoms with E-state index in [9.17, 15) is 4.79 Å². The lowest BCUT2D eigenvalue weighted by Gasteiger charge is -2.11. The van der Waals surface area contributed by atoms with Gasteiger partial charge in [0, 0.05) is 11.6 Å². The number of hydrogen-bond acceptors (Lipinski definition) is 4. The Bertz CT molecular complexity index is 494. The first kappa shape index (κ1) is 11.4. The van der Waals surface area contributed by atoms with Crippen molar-refractivity contribution < 1.29 is 14.1 Å². The molecule has 0 fully saturated rings. The molecule has 0 bridgehead atoms. The van der Waals surface area contributed by atoms with Gasteiger partial charge in [-0.05, 0) is 37.1 Å². The minimum absolute atomic E-state index is 0.335. The van der Waals surface area contributed by atoms with Gasteiger partial charge in [-0.1, -0.05) is 5.16 Å². The maximum Gasteiger partial charge on any atom is 0.174 e. The van der Waals surface area contributed by atoms with Crippen LogP contribution in [0.25, 0.3) is 0 Å². The van der Waals surface area contributed by atoms with Crippen molar-refractivity contribution in [3.05, 3.63) is 46.8 Å². The molecule has 0 amide bonds. The second kappa shape index (κ2) is 4.82. The molecule has 2 rings (SSSR count). The molecule has 17 heavy (non-hydrogen) atoms. The summed E-state index contributed by atoms with van der Waals surface area (Å²) >= 11 is 0. The third-order valence-corrected chi connectivity index (χ3v) is 2.47. The number of rotatable bonds is 4. The van der Waals surface area contributed by atoms with E-state index in [4.69, 9.17) is 9.26 Å². The molecule has 0 aliphatic carbocycles. The number of carbonyl (C=O) groups excluding carboxylic acids is 1. The average molecular weight is 231 g/mol. The van der Waals surface area contributed by atoms with Gasteiger partial charge < -0.3 is 9.26 Å². The first-order valence-corrected chi connectivity index (χ1v) is 5.29. The molecule has 1 heterocycles. The lowest BCUT2D eigenvalue weighted by Crippen LogP contribution is -1.99. The fourth-order valence-electron chi connectivity index (χ4n) is 1.74. The van der Waals surface area contributed by atoms with Crippen LogP contribution in [-0.2, 0) is 6.61 Å². The Morgan fingerprint density at radius 1 is 1.35 bits per heavy atom. The predicted molar refractivity (Wildman–Crippen MR) is 62.1 cm³/mol. The van der Waals surface area contributed by atoms with Crippen molar-refractivity contribution >= 4 is 6.29 Å². The van der Waals surface area contributed by atoms with E-state index < -0.39 is 0 Å². The van der Waals surface area contributed by atoms with E-state index >= 15 is 0 Å². The molecule has 0 aliphatic heterocycles. The number of ether oxygens (including phenoxy) is 1. The van der Waals surface area contributed by atoms with Gasteiger partial charge in [0.1, 0.15) is 18.6 Å². The van der Waals surface area contributed by atoms with E-state index in [0.29, 0.717) is 17.9 Å². The molecule has 0 saturated heterocycles. The first-order chi connectivity index (χ1) is 8.20. The molecule has 0 spiro atoms. The Hall–Kier alpha value is -2.10. The van der Waals surface area contributed by atoms with Gasteiger partial charge >= 0.3 is 0 Å². The van der Waals surface area contributed by atoms with Crippen LogP contribution in [0, 0.1) is 13.8 Å². The van der Waals surface area contributed by atoms with Crippen molar-refractivity contribution in [1.29, 1.82) is 0 Å². The lowest BCUT2D eigenvalue weighted by molar-refractivity contribution is 0.112. The van der Waals surface area contributed by atoms with Gasteiger partial charge in [0.05, 0.1) is 6.20 Å². The van der Waals surface area contributed by atoms with E-state index in [1.165, 1.54) is 0 Å². The fourth-order valence-corrected chi connectivity index (χ4v) is 1.74. The lowest BCUT2D eigenvalue weighted by atomic mass is 10.1. The van der Waals surface area contributed by atoms with Crippen LogP contribution in [0.2, 0.25) is 0 Å². The van der Waals surface area contributed by atoms with Crippen molar-refractivity contribution in [3.8, 4) is 5.75 Å². The molecule has 0 aliphatic rings. The highest BCUT2D eigenvalue weighted by atomic mass is 16.5. The maximum absolute atomic E-state index is 10.7. The second-order valence-electron chi connectivity index (χ2n) is 3.87. The Balaban J connectivity index is 2.18. The highest BCUT2D eigenvalue weighted by Crippen LogP contribution is 2.25. The van der Waals surface area contributed by atoms with Crippen LogP contribution in [0.1, 0.15) is 27.2 Å². The summed E-state index contributed by atoms with van der Waals surface area (Å²) in [7, 11) is 0. The van der Waals surface area contributed by atoms with Gasteiger partial charge in [-0.15, -0.1) is 0 Å². The maximum atomic E-state index is 10.7. The van der Waals surface area contributed by atoms with Crippen molar-refractivity contribution in [2.45, 2.75) is 20.5 Å². The van der Waals surface area contributed by atoms with Gasteiger partial charge in [-0.2, -0.15) is 0 Å². The van der Waals surface area contributed by atoms with Gasteiger partial charge in [-0.3, -0.25) is 4.79 Å². The smallest absolute Gasteiger partial charge is 0.174 e. The zero-order valence-electron chi connectivity index (χ0n) is 9.77. The summed E-state index contributed by atoms with van der Waals surface area (Å²) < 4.78 is 10.6. The first-order valence-electron chi connectivity index (χ1n) is 5.29. The molecule has 2 aromatic rings. The van der Waals surface area contributed by atoms with Crippen LogP contribution in [-0.4, -0.2) is 11.4 Å². The summed E-state index contributed by atoms with van der Waals surface area (Å²) in [6.45, 7) is 4.16. The summed E-state index contributed by atoms with van der Waals surface area (Å²) in [5, 5.41) is 3.61. The highest BCUT2D eigenvalue weighted by molar-refractivity contribution is 5.76. The number of aldehydes is 1. The molecule has 0 N–H and O–H groups in total. The average Bonchev–Trinajstić information content (AvgIpc) is 2.80. The molecule has 0 saturated carbocycles. The Labute approximate surface area is 99.2 Å². The number of benzene rings is 1. The normalized spacial score (nSPS) is 10.2. The van der Waals surface area contributed by atoms with Crippen LogP contribution >= 0.6 is 0 Å². The molecule has 0 unspecified atom stereocenters. The number of nitrogens with zero attached hydrogens (tertiary/aromatic N) is 1. The molecule has 4 heteroatoms. The monoisotopic (exact) mass is 231 g/mol. The largest absolute Gasteiger partial charge is 0.485 e. The SMILES string of the molecule is Cc1cc(C=O)cc(C)c1OCc1ccno1. The van der Waals surface area contributed by atoms with Crippen LogP contribution < -0.4 is 4.74 Å². The molecule has 0 atom stereocenters. The van der Waals surface area contributed by atoms with Crippen LogP contribution in [0.5, 0.6) is 5.75 Å². The number of aryl methyl sites for hydroxylation is 2. The summed E-state index contributed by atoms with van der Waals surface area (Å²) in [6.07, 6.45) is 2.41. The fraction of sp³-hybridized carbons (Fsp3) is 0.231. The molecule has 0 radical (unpaired) electrons. The summed E-state index contributed by atoms with van der Waals surface area (Å²) in [5.41, 5.74) is 2.53. The van der Waals surface area contributed by atoms with Gasteiger partial charge in [0.2, 0.25) is 0 Å². The quantitative estimate of drug-likeness (QED) is 0.759. The topological polar surface area (TPSA) is 52.3 Å². The van der Waals surface area contributed by atoms with Gasteiger partial charge in [0.25, 0.3) is 0 Å². The van der Waals surface area contributed by atoms with E-state index in [1.54, 1.807) is 24.4 Å². The Kier molecular flexibility index (Phi) is 3.23. The molecule has 88 valence electrons. The molecular formula is C13H13NO3. The Morgan fingerprint density at radius 2 is 2.06 bits per heavy atom. The number of carbonyl (C=O) groups is 1. The molecular weight excluding hydrogens is 218 g/mol. The van der Waals surface area contributed by atoms with Crippen LogP contribution in [0.3, 0.4) is 0 Å². The molecule has 1 aromatic carbocycles. The van der Waals surface area contributed by atoms with E-state index in [-0.39, 0.29) is 0 Å². The third-order valence-electron chi connectivity index (χ3n) is 2.47. The van der Waals surface area contributed by atoms with Crippen LogP contribution in [0.15, 0.2) is 28.9 Å². The minimum atomic E-state index is 0.335. The Morgan fingerprint density at radius 3 is 2.59 bits per heavy atom. The van der Waals surface area contributed by atoms with Gasteiger partial charge in [0.15, 0.2) is 5.76 Å². The van der Waals surface area contributed by atoms with Gasteiger partial charge in [-0.25, -0.2) is 0 Å². The second-order valence-corrected chi connectivity index (χ2v) is 3.87. The summed E-state index contributed by atoms with van der Waals surface area (Å²) in [5.74, 6) is 1.45. The number of hydrogen-bond donors (Lipinski definition) is 0. The predicted octanol–water partition coefficient (Wildman–Crippen LogP) is 2.68. The zero-order valence-corrected chi connectivity index (χ0v) is 9.77. The van der Waals surface area contributed by atoms with Crippen LogP contribution in [0.4, 0.5) is 0 Å². The zero-order chi connectivity index (χ0) is 12.3. The van der Waals surface area contributed by atoms with Crippen molar-refractivity contribution in [2.24, 2.45) is 0 Å². The van der Waals surface area contributed by atoms with E-state index in [0.717, 1.165) is 23.2 Å². The van der Waals surface area contributed by atoms with Crippen molar-refractivity contribution in [1.82, 2.24) is 5.16 Å². The highest BCUT2D eigenvalue weighted by Gasteiger charge is 2.07. The molecule has 1 aromatic heterocycles. The van der Waals surface area contributed by atoms with E-state index in [2.05, 4.69) is 5.16 Å². The number of aromatic nitrogens is 1. The molecule has 4 nitrogen and oxygen atoms in total. The summed E-state index contributed by atoms with van der Waals surface area (Å²) in [4.78, 5) is 10.7.